The van der Waals surface area contributed by atoms with E-state index >= 15 is 0 Å². The van der Waals surface area contributed by atoms with Crippen LogP contribution in [0.3, 0.4) is 0 Å². The van der Waals surface area contributed by atoms with Crippen molar-refractivity contribution in [1.29, 1.82) is 0 Å². The molecule has 44 heavy (non-hydrogen) atoms. The van der Waals surface area contributed by atoms with Crippen molar-refractivity contribution in [3.8, 4) is 23.1 Å². The Hall–Kier alpha value is -5.10. The van der Waals surface area contributed by atoms with Crippen LogP contribution in [0.15, 0.2) is 77.5 Å². The lowest BCUT2D eigenvalue weighted by atomic mass is 9.85. The third kappa shape index (κ3) is 4.96. The van der Waals surface area contributed by atoms with E-state index in [0.29, 0.717) is 54.4 Å². The Bertz CT molecular complexity index is 1760. The number of nitrogens with one attached hydrogen (secondary N) is 2. The molecule has 2 saturated heterocycles. The second-order valence-corrected chi connectivity index (χ2v) is 11.0. The highest BCUT2D eigenvalue weighted by molar-refractivity contribution is 5.93. The number of para-hydroxylation sites is 1. The summed E-state index contributed by atoms with van der Waals surface area (Å²) in [5, 5.41) is 11.2. The van der Waals surface area contributed by atoms with Gasteiger partial charge in [0.1, 0.15) is 5.54 Å². The predicted molar refractivity (Wildman–Crippen MR) is 165 cm³/mol. The molecule has 0 aliphatic carbocycles. The molecule has 2 aliphatic heterocycles. The summed E-state index contributed by atoms with van der Waals surface area (Å²) in [6, 6.07) is 19.6. The van der Waals surface area contributed by atoms with Crippen LogP contribution in [0.25, 0.3) is 17.2 Å². The van der Waals surface area contributed by atoms with Crippen LogP contribution in [-0.2, 0) is 17.9 Å². The number of ether oxygens (including phenoxy) is 2. The lowest BCUT2D eigenvalue weighted by Gasteiger charge is -2.43. The number of piperidine rings is 1. The number of hydrogen-bond donors (Lipinski definition) is 2. The van der Waals surface area contributed by atoms with Crippen LogP contribution in [0.1, 0.15) is 24.0 Å². The molecule has 3 aromatic heterocycles. The molecule has 5 aromatic rings. The van der Waals surface area contributed by atoms with Crippen molar-refractivity contribution in [1.82, 2.24) is 29.8 Å². The summed E-state index contributed by atoms with van der Waals surface area (Å²) in [6.45, 7) is 3.18. The van der Waals surface area contributed by atoms with Crippen LogP contribution in [0.2, 0.25) is 0 Å². The minimum absolute atomic E-state index is 0.107. The van der Waals surface area contributed by atoms with Crippen molar-refractivity contribution >= 4 is 23.2 Å². The van der Waals surface area contributed by atoms with Crippen molar-refractivity contribution < 1.29 is 18.7 Å². The summed E-state index contributed by atoms with van der Waals surface area (Å²) in [7, 11) is 3.24. The van der Waals surface area contributed by atoms with Gasteiger partial charge in [0.15, 0.2) is 22.9 Å². The molecule has 0 atom stereocenters. The lowest BCUT2D eigenvalue weighted by Crippen LogP contribution is -2.56. The number of nitrogens with zero attached hydrogens (tertiary/aromatic N) is 6. The Morgan fingerprint density at radius 3 is 2.59 bits per heavy atom. The zero-order valence-electron chi connectivity index (χ0n) is 24.7. The monoisotopic (exact) mass is 594 g/mol. The first-order chi connectivity index (χ1) is 21.6. The first-order valence-electron chi connectivity index (χ1n) is 14.6. The second kappa shape index (κ2) is 11.5. The van der Waals surface area contributed by atoms with Crippen molar-refractivity contribution in [2.75, 3.05) is 44.2 Å². The Labute approximate surface area is 254 Å². The Balaban J connectivity index is 1.12. The van der Waals surface area contributed by atoms with E-state index in [2.05, 4.69) is 32.6 Å². The van der Waals surface area contributed by atoms with Crippen LogP contribution in [-0.4, -0.2) is 69.9 Å². The molecule has 2 N–H and O–H groups in total. The van der Waals surface area contributed by atoms with Crippen molar-refractivity contribution in [3.63, 3.8) is 0 Å². The number of rotatable bonds is 9. The number of likely N-dealkylation sites (tertiary alicyclic amines) is 1. The molecule has 12 nitrogen and oxygen atoms in total. The summed E-state index contributed by atoms with van der Waals surface area (Å²) >= 11 is 0. The SMILES string of the molecule is COc1ccc(CNc2ncc(CN3CCC4(CC3)C(=O)NCN4c3ccccc3)c3nc(-c4ccco4)nn23)cc1OC. The second-order valence-electron chi connectivity index (χ2n) is 11.0. The number of amides is 1. The number of carbonyl (C=O) groups excluding carboxylic acids is 1. The smallest absolute Gasteiger partial charge is 0.247 e. The normalized spacial score (nSPS) is 16.4. The largest absolute Gasteiger partial charge is 0.493 e. The highest BCUT2D eigenvalue weighted by Gasteiger charge is 2.50. The fraction of sp³-hybridized carbons (Fsp3) is 0.312. The fourth-order valence-corrected chi connectivity index (χ4v) is 6.19. The fourth-order valence-electron chi connectivity index (χ4n) is 6.19. The zero-order valence-corrected chi connectivity index (χ0v) is 24.7. The maximum absolute atomic E-state index is 13.1. The molecule has 0 unspecified atom stereocenters. The number of furan rings is 1. The van der Waals surface area contributed by atoms with Crippen molar-refractivity contribution in [2.45, 2.75) is 31.5 Å². The van der Waals surface area contributed by atoms with Gasteiger partial charge in [-0.05, 0) is 54.8 Å². The van der Waals surface area contributed by atoms with Gasteiger partial charge in [0.25, 0.3) is 0 Å². The molecule has 2 fully saturated rings. The number of hydrogen-bond acceptors (Lipinski definition) is 10. The number of carbonyl (C=O) groups is 1. The van der Waals surface area contributed by atoms with Gasteiger partial charge in [0.05, 0.1) is 27.2 Å². The standard InChI is InChI=1S/C32H34N8O4/c1-42-25-11-10-22(17-27(25)43-2)18-33-31-34-19-23(29-36-28(37-40(29)31)26-9-6-16-44-26)20-38-14-12-32(13-15-38)30(41)35-21-39(32)24-7-4-3-5-8-24/h3-11,16-17,19H,12-15,18,20-21H2,1-2H3,(H,33,34)(H,35,41). The van der Waals surface area contributed by atoms with E-state index in [1.165, 1.54) is 0 Å². The minimum atomic E-state index is -0.537. The first-order valence-corrected chi connectivity index (χ1v) is 14.6. The van der Waals surface area contributed by atoms with Crippen LogP contribution < -0.4 is 25.0 Å². The molecule has 5 heterocycles. The van der Waals surface area contributed by atoms with Crippen LogP contribution in [0.4, 0.5) is 11.6 Å². The summed E-state index contributed by atoms with van der Waals surface area (Å²) in [5.41, 5.74) is 3.17. The molecule has 0 bridgehead atoms. The molecule has 0 saturated carbocycles. The summed E-state index contributed by atoms with van der Waals surface area (Å²) in [4.78, 5) is 27.3. The van der Waals surface area contributed by atoms with Crippen molar-refractivity contribution in [3.05, 3.63) is 84.3 Å². The molecule has 7 rings (SSSR count). The molecule has 1 amide bonds. The quantitative estimate of drug-likeness (QED) is 0.260. The maximum atomic E-state index is 13.1. The summed E-state index contributed by atoms with van der Waals surface area (Å²) in [6.07, 6.45) is 4.92. The molecule has 226 valence electrons. The average Bonchev–Trinajstić information content (AvgIpc) is 3.82. The van der Waals surface area contributed by atoms with Gasteiger partial charge in [-0.15, -0.1) is 5.10 Å². The highest BCUT2D eigenvalue weighted by Crippen LogP contribution is 2.37. The summed E-state index contributed by atoms with van der Waals surface area (Å²) < 4.78 is 18.2. The number of anilines is 2. The van der Waals surface area contributed by atoms with Crippen LogP contribution >= 0.6 is 0 Å². The van der Waals surface area contributed by atoms with Gasteiger partial charge >= 0.3 is 0 Å². The van der Waals surface area contributed by atoms with Gasteiger partial charge in [-0.1, -0.05) is 24.3 Å². The summed E-state index contributed by atoms with van der Waals surface area (Å²) in [5.74, 6) is 3.06. The highest BCUT2D eigenvalue weighted by atomic mass is 16.5. The molecular weight excluding hydrogens is 560 g/mol. The molecule has 2 aromatic carbocycles. The topological polar surface area (TPSA) is 122 Å². The third-order valence-electron chi connectivity index (χ3n) is 8.56. The van der Waals surface area contributed by atoms with Gasteiger partial charge in [-0.25, -0.2) is 9.97 Å². The van der Waals surface area contributed by atoms with Gasteiger partial charge in [0, 0.05) is 43.6 Å². The maximum Gasteiger partial charge on any atom is 0.247 e. The van der Waals surface area contributed by atoms with E-state index in [4.69, 9.17) is 29.0 Å². The van der Waals surface area contributed by atoms with Gasteiger partial charge in [-0.2, -0.15) is 4.52 Å². The molecule has 2 aliphatic rings. The van der Waals surface area contributed by atoms with E-state index in [1.807, 2.05) is 54.7 Å². The van der Waals surface area contributed by atoms with Crippen LogP contribution in [0.5, 0.6) is 11.5 Å². The minimum Gasteiger partial charge on any atom is -0.493 e. The Morgan fingerprint density at radius 2 is 1.84 bits per heavy atom. The van der Waals surface area contributed by atoms with E-state index in [9.17, 15) is 4.79 Å². The molecular formula is C32H34N8O4. The zero-order chi connectivity index (χ0) is 30.1. The average molecular weight is 595 g/mol. The van der Waals surface area contributed by atoms with Crippen LogP contribution in [0, 0.1) is 0 Å². The number of methoxy groups -OCH3 is 2. The van der Waals surface area contributed by atoms with E-state index in [-0.39, 0.29) is 5.91 Å². The van der Waals surface area contributed by atoms with Crippen molar-refractivity contribution in [2.24, 2.45) is 0 Å². The van der Waals surface area contributed by atoms with E-state index in [0.717, 1.165) is 42.7 Å². The molecule has 0 radical (unpaired) electrons. The number of aromatic nitrogens is 4. The van der Waals surface area contributed by atoms with Gasteiger partial charge in [0.2, 0.25) is 17.7 Å². The van der Waals surface area contributed by atoms with Gasteiger partial charge in [-0.3, -0.25) is 9.69 Å². The Morgan fingerprint density at radius 1 is 1.02 bits per heavy atom. The number of fused-ring (bicyclic) bond motifs is 1. The predicted octanol–water partition coefficient (Wildman–Crippen LogP) is 3.94. The third-order valence-corrected chi connectivity index (χ3v) is 8.56. The molecule has 1 spiro atoms. The first kappa shape index (κ1) is 27.7. The number of benzene rings is 2. The van der Waals surface area contributed by atoms with E-state index in [1.54, 1.807) is 25.0 Å². The lowest BCUT2D eigenvalue weighted by molar-refractivity contribution is -0.125. The molecule has 12 heteroatoms. The Kier molecular flexibility index (Phi) is 7.26. The van der Waals surface area contributed by atoms with E-state index < -0.39 is 5.54 Å². The van der Waals surface area contributed by atoms with Gasteiger partial charge < -0.3 is 29.4 Å².